The highest BCUT2D eigenvalue weighted by Crippen LogP contribution is 2.55. The number of rotatable bonds is 8. The van der Waals surface area contributed by atoms with Crippen LogP contribution in [0.3, 0.4) is 0 Å². The minimum atomic E-state index is -2.20. The van der Waals surface area contributed by atoms with Crippen LogP contribution in [0.2, 0.25) is 0 Å². The molecule has 0 aromatic carbocycles. The minimum absolute atomic E-state index is 0. The lowest BCUT2D eigenvalue weighted by Crippen LogP contribution is -3.00. The molecule has 0 atom stereocenters. The summed E-state index contributed by atoms with van der Waals surface area (Å²) in [6.07, 6.45) is -2.36. The highest BCUT2D eigenvalue weighted by atomic mass is 35.5. The van der Waals surface area contributed by atoms with Gasteiger partial charge in [0.05, 0.1) is 0 Å². The zero-order valence-corrected chi connectivity index (χ0v) is 14.2. The summed E-state index contributed by atoms with van der Waals surface area (Å²) in [5.74, 6) is 0. The fourth-order valence-corrected chi connectivity index (χ4v) is 1.61. The Morgan fingerprint density at radius 3 is 0.450 bits per heavy atom. The van der Waals surface area contributed by atoms with Crippen molar-refractivity contribution < 1.29 is 65.7 Å². The van der Waals surface area contributed by atoms with Gasteiger partial charge in [-0.15, -0.1) is 0 Å². The standard InChI is InChI=1S/2C4H12O4P.2ClH/c2*5-1-9(2-6,3-7)4-8;;/h2*5-8H,1-4H2;2*1H/q2*+1;;/p-2. The Labute approximate surface area is 131 Å². The second kappa shape index (κ2) is 16.5. The van der Waals surface area contributed by atoms with Crippen molar-refractivity contribution in [2.75, 3.05) is 50.8 Å². The minimum Gasteiger partial charge on any atom is -1.00 e. The van der Waals surface area contributed by atoms with Crippen LogP contribution >= 0.6 is 14.5 Å². The molecule has 0 spiro atoms. The van der Waals surface area contributed by atoms with E-state index in [4.69, 9.17) is 40.9 Å². The first-order valence-electron chi connectivity index (χ1n) is 5.06. The maximum absolute atomic E-state index is 8.55. The first-order chi connectivity index (χ1) is 8.49. The number of halogens is 2. The third-order valence-corrected chi connectivity index (χ3v) is 7.20. The molecule has 0 saturated heterocycles. The van der Waals surface area contributed by atoms with Gasteiger partial charge in [0, 0.05) is 0 Å². The van der Waals surface area contributed by atoms with Crippen molar-refractivity contribution in [1.82, 2.24) is 0 Å². The van der Waals surface area contributed by atoms with Crippen LogP contribution in [0.5, 0.6) is 0 Å². The lowest BCUT2D eigenvalue weighted by molar-refractivity contribution is -0.00100. The van der Waals surface area contributed by atoms with E-state index < -0.39 is 14.5 Å². The third kappa shape index (κ3) is 9.95. The molecule has 20 heavy (non-hydrogen) atoms. The van der Waals surface area contributed by atoms with Crippen LogP contribution in [0, 0.1) is 0 Å². The Kier molecular flexibility index (Phi) is 24.1. The summed E-state index contributed by atoms with van der Waals surface area (Å²) in [6.45, 7) is 0. The van der Waals surface area contributed by atoms with E-state index in [1.54, 1.807) is 0 Å². The van der Waals surface area contributed by atoms with Gasteiger partial charge in [0.2, 0.25) is 0 Å². The summed E-state index contributed by atoms with van der Waals surface area (Å²) < 4.78 is 0. The Morgan fingerprint density at radius 1 is 0.350 bits per heavy atom. The van der Waals surface area contributed by atoms with E-state index in [1.807, 2.05) is 0 Å². The van der Waals surface area contributed by atoms with E-state index in [9.17, 15) is 0 Å². The fourth-order valence-electron chi connectivity index (χ4n) is 0.537. The van der Waals surface area contributed by atoms with E-state index in [0.29, 0.717) is 0 Å². The molecular formula is C8H24Cl2O8P2. The van der Waals surface area contributed by atoms with Gasteiger partial charge in [0.25, 0.3) is 0 Å². The first kappa shape index (κ1) is 29.2. The topological polar surface area (TPSA) is 162 Å². The van der Waals surface area contributed by atoms with Crippen LogP contribution in [0.25, 0.3) is 0 Å². The molecule has 0 unspecified atom stereocenters. The molecule has 0 aliphatic carbocycles. The SMILES string of the molecule is OC[P+](CO)(CO)CO.OC[P+](CO)(CO)CO.[Cl-].[Cl-]. The Hall–Kier alpha value is 1.12. The molecule has 0 aliphatic rings. The van der Waals surface area contributed by atoms with Gasteiger partial charge in [-0.2, -0.15) is 0 Å². The summed E-state index contributed by atoms with van der Waals surface area (Å²) >= 11 is 0. The molecule has 0 amide bonds. The predicted molar refractivity (Wildman–Crippen MR) is 70.5 cm³/mol. The van der Waals surface area contributed by atoms with Crippen molar-refractivity contribution in [3.05, 3.63) is 0 Å². The highest BCUT2D eigenvalue weighted by molar-refractivity contribution is 7.75. The van der Waals surface area contributed by atoms with Crippen molar-refractivity contribution >= 4 is 14.5 Å². The molecule has 0 fully saturated rings. The maximum atomic E-state index is 8.55. The largest absolute Gasteiger partial charge is 1.00 e. The maximum Gasteiger partial charge on any atom is 0.161 e. The molecule has 0 aromatic rings. The van der Waals surface area contributed by atoms with Gasteiger partial charge in [-0.1, -0.05) is 0 Å². The van der Waals surface area contributed by atoms with Gasteiger partial charge in [0.15, 0.2) is 50.8 Å². The molecule has 8 nitrogen and oxygen atoms in total. The van der Waals surface area contributed by atoms with E-state index >= 15 is 0 Å². The molecule has 0 radical (unpaired) electrons. The second-order valence-electron chi connectivity index (χ2n) is 3.81. The Morgan fingerprint density at radius 2 is 0.450 bits per heavy atom. The van der Waals surface area contributed by atoms with Crippen LogP contribution in [0.4, 0.5) is 0 Å². The summed E-state index contributed by atoms with van der Waals surface area (Å²) in [5, 5.41) is 68.4. The molecule has 0 bridgehead atoms. The highest BCUT2D eigenvalue weighted by Gasteiger charge is 2.35. The van der Waals surface area contributed by atoms with E-state index in [0.717, 1.165) is 0 Å². The molecule has 0 heterocycles. The lowest BCUT2D eigenvalue weighted by Gasteiger charge is -2.15. The van der Waals surface area contributed by atoms with Gasteiger partial charge >= 0.3 is 0 Å². The van der Waals surface area contributed by atoms with Crippen LogP contribution < -0.4 is 24.8 Å². The summed E-state index contributed by atoms with van der Waals surface area (Å²) in [5.41, 5.74) is 0. The van der Waals surface area contributed by atoms with Crippen LogP contribution in [-0.2, 0) is 0 Å². The van der Waals surface area contributed by atoms with E-state index in [-0.39, 0.29) is 75.6 Å². The van der Waals surface area contributed by atoms with Gasteiger partial charge < -0.3 is 65.7 Å². The Balaban J connectivity index is -0.000000116. The number of aliphatic hydroxyl groups excluding tert-OH is 8. The van der Waals surface area contributed by atoms with Crippen molar-refractivity contribution in [3.63, 3.8) is 0 Å². The molecule has 0 saturated carbocycles. The third-order valence-electron chi connectivity index (χ3n) is 2.40. The second-order valence-corrected chi connectivity index (χ2v) is 11.4. The predicted octanol–water partition coefficient (Wildman–Crippen LogP) is -8.39. The zero-order valence-electron chi connectivity index (χ0n) is 10.9. The summed E-state index contributed by atoms with van der Waals surface area (Å²) in [4.78, 5) is 0. The van der Waals surface area contributed by atoms with Crippen LogP contribution in [0.1, 0.15) is 0 Å². The fraction of sp³-hybridized carbons (Fsp3) is 1.00. The summed E-state index contributed by atoms with van der Waals surface area (Å²) in [6, 6.07) is 0. The first-order valence-corrected chi connectivity index (χ1v) is 10.1. The van der Waals surface area contributed by atoms with Crippen molar-refractivity contribution in [2.24, 2.45) is 0 Å². The zero-order chi connectivity index (χ0) is 14.7. The van der Waals surface area contributed by atoms with Gasteiger partial charge in [-0.05, 0) is 0 Å². The van der Waals surface area contributed by atoms with Crippen LogP contribution in [-0.4, -0.2) is 91.6 Å². The van der Waals surface area contributed by atoms with Gasteiger partial charge in [-0.25, -0.2) is 0 Å². The molecule has 12 heteroatoms. The summed E-state index contributed by atoms with van der Waals surface area (Å²) in [7, 11) is -4.40. The lowest BCUT2D eigenvalue weighted by atomic mass is 11.6. The van der Waals surface area contributed by atoms with Gasteiger partial charge in [0.1, 0.15) is 14.5 Å². The van der Waals surface area contributed by atoms with E-state index in [2.05, 4.69) is 0 Å². The normalized spacial score (nSPS) is 10.8. The number of hydrogen-bond donors (Lipinski definition) is 8. The smallest absolute Gasteiger partial charge is 0.161 e. The molecule has 128 valence electrons. The van der Waals surface area contributed by atoms with Crippen molar-refractivity contribution in [3.8, 4) is 0 Å². The molecule has 0 rings (SSSR count). The quantitative estimate of drug-likeness (QED) is 0.192. The number of hydrogen-bond acceptors (Lipinski definition) is 8. The molecular weight excluding hydrogens is 357 g/mol. The Bertz CT molecular complexity index is 140. The van der Waals surface area contributed by atoms with Crippen molar-refractivity contribution in [2.45, 2.75) is 0 Å². The average molecular weight is 381 g/mol. The van der Waals surface area contributed by atoms with E-state index in [1.165, 1.54) is 0 Å². The van der Waals surface area contributed by atoms with Gasteiger partial charge in [-0.3, -0.25) is 0 Å². The van der Waals surface area contributed by atoms with Crippen LogP contribution in [0.15, 0.2) is 0 Å². The average Bonchev–Trinajstić information content (AvgIpc) is 2.46. The molecule has 0 aliphatic heterocycles. The monoisotopic (exact) mass is 380 g/mol. The number of aliphatic hydroxyl groups is 8. The van der Waals surface area contributed by atoms with Crippen molar-refractivity contribution in [1.29, 1.82) is 0 Å². The molecule has 0 aromatic heterocycles. The molecule has 8 N–H and O–H groups in total.